The minimum Gasteiger partial charge on any atom is -0.457 e. The van der Waals surface area contributed by atoms with E-state index in [-0.39, 0.29) is 0 Å². The highest BCUT2D eigenvalue weighted by Crippen LogP contribution is 2.57. The van der Waals surface area contributed by atoms with E-state index >= 15 is 0 Å². The van der Waals surface area contributed by atoms with Gasteiger partial charge >= 0.3 is 0 Å². The molecule has 0 amide bonds. The number of hydrogen-bond acceptors (Lipinski definition) is 12. The third-order valence-electron chi connectivity index (χ3n) is 12.7. The molecule has 3 aromatic heterocycles. The Balaban J connectivity index is 1.04. The molecule has 0 aliphatic heterocycles. The van der Waals surface area contributed by atoms with Gasteiger partial charge in [0.15, 0.2) is 11.5 Å². The smallest absolute Gasteiger partial charge is 0.181 e. The Hall–Kier alpha value is -9.51. The molecule has 0 bridgehead atoms. The van der Waals surface area contributed by atoms with Crippen molar-refractivity contribution in [3.63, 3.8) is 0 Å². The lowest BCUT2D eigenvalue weighted by molar-refractivity contribution is 0.422. The lowest BCUT2D eigenvalue weighted by Crippen LogP contribution is -1.97. The maximum absolute atomic E-state index is 9.54. The van der Waals surface area contributed by atoms with Gasteiger partial charge in [0.05, 0.1) is 45.6 Å². The van der Waals surface area contributed by atoms with E-state index in [1.807, 2.05) is 177 Å². The van der Waals surface area contributed by atoms with Crippen molar-refractivity contribution in [3.8, 4) is 117 Å². The predicted molar refractivity (Wildman–Crippen MR) is 313 cm³/mol. The summed E-state index contributed by atoms with van der Waals surface area (Å²) in [5, 5.41) is 9.54. The molecule has 0 saturated heterocycles. The van der Waals surface area contributed by atoms with Crippen molar-refractivity contribution in [1.29, 1.82) is 5.26 Å². The molecule has 0 atom stereocenters. The van der Waals surface area contributed by atoms with E-state index in [2.05, 4.69) is 44.2 Å². The number of rotatable bonds is 16. The lowest BCUT2D eigenvalue weighted by atomic mass is 10.0. The van der Waals surface area contributed by atoms with Crippen LogP contribution < -0.4 is 28.4 Å². The third-order valence-corrected chi connectivity index (χ3v) is 15.4. The minimum atomic E-state index is 0.452. The fraction of sp³-hybridized carbons (Fsp3) is 0.0455. The zero-order valence-electron chi connectivity index (χ0n) is 42.3. The Labute approximate surface area is 463 Å². The predicted octanol–water partition coefficient (Wildman–Crippen LogP) is 20.0. The van der Waals surface area contributed by atoms with Gasteiger partial charge in [-0.15, -0.1) is 22.7 Å². The standard InChI is InChI=1S/C66H45N3O6S3/c1-41-20-28-47(29-21-41)70-51-16-10-17-52(71-48-30-22-42(2)23-31-48)59(51)55-36-38-57(76-55)61-63-64(69-78-68-63)62(66(75-46-14-8-5-9-15-46)65(61)74-45-12-6-4-7-13-45)58-39-37-56(77-58)60-53(72-49-32-24-43(3)25-33-49)18-11-19-54(60)73-50-34-26-44(40-67)27-35-50/h4-39H,1-3H3. The van der Waals surface area contributed by atoms with Crippen LogP contribution in [-0.4, -0.2) is 8.75 Å². The maximum Gasteiger partial charge on any atom is 0.181 e. The summed E-state index contributed by atoms with van der Waals surface area (Å²) in [7, 11) is 0. The van der Waals surface area contributed by atoms with Crippen LogP contribution in [0.2, 0.25) is 0 Å². The SMILES string of the molecule is Cc1ccc(Oc2cccc(Oc3ccc(C)cc3)c2-c2ccc(-c3c(Oc4ccccc4)c(Oc4ccccc4)c(-c4ccc(-c5c(Oc6ccc(C)cc6)cccc5Oc5ccc(C#N)cc5)s4)c4nsnc34)s2)cc1. The monoisotopic (exact) mass is 1070 g/mol. The van der Waals surface area contributed by atoms with Gasteiger partial charge in [-0.2, -0.15) is 14.0 Å². The van der Waals surface area contributed by atoms with E-state index in [9.17, 15) is 5.26 Å². The molecule has 0 spiro atoms. The number of para-hydroxylation sites is 2. The van der Waals surface area contributed by atoms with Gasteiger partial charge in [-0.1, -0.05) is 102 Å². The van der Waals surface area contributed by atoms with Crippen molar-refractivity contribution >= 4 is 45.4 Å². The number of ether oxygens (including phenoxy) is 6. The number of aryl methyl sites for hydroxylation is 3. The normalized spacial score (nSPS) is 11.0. The first-order valence-electron chi connectivity index (χ1n) is 25.0. The van der Waals surface area contributed by atoms with Gasteiger partial charge < -0.3 is 28.4 Å². The van der Waals surface area contributed by atoms with Crippen LogP contribution in [0, 0.1) is 32.1 Å². The summed E-state index contributed by atoms with van der Waals surface area (Å²) < 4.78 is 51.2. The highest BCUT2D eigenvalue weighted by molar-refractivity contribution is 7.19. The highest BCUT2D eigenvalue weighted by atomic mass is 32.1. The molecule has 0 radical (unpaired) electrons. The molecule has 378 valence electrons. The molecule has 0 fully saturated rings. The van der Waals surface area contributed by atoms with E-state index in [0.29, 0.717) is 96.7 Å². The first-order chi connectivity index (χ1) is 38.3. The summed E-state index contributed by atoms with van der Waals surface area (Å²) >= 11 is 4.22. The Morgan fingerprint density at radius 2 is 0.628 bits per heavy atom. The summed E-state index contributed by atoms with van der Waals surface area (Å²) in [5.41, 5.74) is 8.11. The van der Waals surface area contributed by atoms with Crippen molar-refractivity contribution in [2.45, 2.75) is 20.8 Å². The van der Waals surface area contributed by atoms with Gasteiger partial charge in [0, 0.05) is 19.5 Å². The first-order valence-corrected chi connectivity index (χ1v) is 27.3. The molecule has 9 aromatic carbocycles. The molecule has 0 unspecified atom stereocenters. The number of fused-ring (bicyclic) bond motifs is 1. The molecule has 3 heterocycles. The van der Waals surface area contributed by atoms with Crippen LogP contribution in [0.15, 0.2) is 218 Å². The van der Waals surface area contributed by atoms with Crippen LogP contribution >= 0.6 is 34.4 Å². The van der Waals surface area contributed by atoms with Gasteiger partial charge in [0.25, 0.3) is 0 Å². The Morgan fingerprint density at radius 3 is 0.962 bits per heavy atom. The largest absolute Gasteiger partial charge is 0.457 e. The molecule has 0 saturated carbocycles. The zero-order chi connectivity index (χ0) is 53.0. The van der Waals surface area contributed by atoms with E-state index in [0.717, 1.165) is 59.1 Å². The van der Waals surface area contributed by atoms with Gasteiger partial charge in [-0.3, -0.25) is 0 Å². The van der Waals surface area contributed by atoms with Crippen LogP contribution in [0.4, 0.5) is 0 Å². The number of hydrogen-bond donors (Lipinski definition) is 0. The average molecular weight is 1070 g/mol. The average Bonchev–Trinajstić information content (AvgIpc) is 4.45. The number of benzene rings is 9. The molecule has 0 aliphatic carbocycles. The second-order valence-electron chi connectivity index (χ2n) is 18.3. The van der Waals surface area contributed by atoms with Crippen molar-refractivity contribution in [2.75, 3.05) is 0 Å². The first kappa shape index (κ1) is 49.4. The molecule has 78 heavy (non-hydrogen) atoms. The maximum atomic E-state index is 9.54. The van der Waals surface area contributed by atoms with Crippen LogP contribution in [0.5, 0.6) is 69.0 Å². The van der Waals surface area contributed by atoms with Crippen molar-refractivity contribution in [2.24, 2.45) is 0 Å². The topological polar surface area (TPSA) is 105 Å². The molecule has 12 rings (SSSR count). The Bertz CT molecular complexity index is 4050. The molecular weight excluding hydrogens is 1030 g/mol. The molecule has 9 nitrogen and oxygen atoms in total. The van der Waals surface area contributed by atoms with Gasteiger partial charge in [0.2, 0.25) is 0 Å². The summed E-state index contributed by atoms with van der Waals surface area (Å²) in [6.45, 7) is 6.15. The Morgan fingerprint density at radius 1 is 0.321 bits per heavy atom. The summed E-state index contributed by atoms with van der Waals surface area (Å²) in [5.74, 6) is 7.18. The van der Waals surface area contributed by atoms with Gasteiger partial charge in [0.1, 0.15) is 68.5 Å². The van der Waals surface area contributed by atoms with E-state index in [1.54, 1.807) is 35.6 Å². The molecule has 0 aliphatic rings. The number of nitriles is 1. The van der Waals surface area contributed by atoms with Crippen molar-refractivity contribution in [3.05, 3.63) is 241 Å². The summed E-state index contributed by atoms with van der Waals surface area (Å²) in [4.78, 5) is 3.42. The van der Waals surface area contributed by atoms with Crippen molar-refractivity contribution in [1.82, 2.24) is 8.75 Å². The van der Waals surface area contributed by atoms with Crippen LogP contribution in [0.1, 0.15) is 22.3 Å². The second kappa shape index (κ2) is 22.0. The number of nitrogens with zero attached hydrogens (tertiary/aromatic N) is 3. The molecule has 0 N–H and O–H groups in total. The fourth-order valence-corrected chi connectivity index (χ4v) is 11.6. The van der Waals surface area contributed by atoms with Crippen molar-refractivity contribution < 1.29 is 28.4 Å². The Kier molecular flexibility index (Phi) is 13.9. The van der Waals surface area contributed by atoms with E-state index in [1.165, 1.54) is 11.3 Å². The summed E-state index contributed by atoms with van der Waals surface area (Å²) in [6.07, 6.45) is 0. The van der Waals surface area contributed by atoms with Crippen LogP contribution in [0.3, 0.4) is 0 Å². The third kappa shape index (κ3) is 10.5. The van der Waals surface area contributed by atoms with Crippen LogP contribution in [-0.2, 0) is 0 Å². The van der Waals surface area contributed by atoms with E-state index < -0.39 is 0 Å². The number of thiophene rings is 2. The molecule has 12 aromatic rings. The fourth-order valence-electron chi connectivity index (χ4n) is 8.81. The van der Waals surface area contributed by atoms with Gasteiger partial charge in [-0.05, 0) is 154 Å². The van der Waals surface area contributed by atoms with Gasteiger partial charge in [-0.25, -0.2) is 0 Å². The lowest BCUT2D eigenvalue weighted by Gasteiger charge is -2.20. The summed E-state index contributed by atoms with van der Waals surface area (Å²) in [6, 6.07) is 72.5. The van der Waals surface area contributed by atoms with Crippen LogP contribution in [0.25, 0.3) is 52.8 Å². The zero-order valence-corrected chi connectivity index (χ0v) is 44.7. The minimum absolute atomic E-state index is 0.452. The highest BCUT2D eigenvalue weighted by Gasteiger charge is 2.31. The molecule has 12 heteroatoms. The van der Waals surface area contributed by atoms with E-state index in [4.69, 9.17) is 37.2 Å². The molecular formula is C66H45N3O6S3. The second-order valence-corrected chi connectivity index (χ2v) is 21.0. The quantitative estimate of drug-likeness (QED) is 0.0935. The number of aromatic nitrogens is 2.